The molecule has 4 rings (SSSR count). The fraction of sp³-hybridized carbons (Fsp3) is 0.0435. The van der Waals surface area contributed by atoms with Gasteiger partial charge in [0, 0.05) is 21.8 Å². The SMILES string of the molecule is O=C(CN1C(=O)S/C(=C/c2ccc(-c3cccc(C(=O)O)c3)o2)C1=O)Nc1ccc(Br)cc1. The molecular weight excluding hydrogens is 512 g/mol. The van der Waals surface area contributed by atoms with Crippen molar-refractivity contribution in [2.45, 2.75) is 0 Å². The lowest BCUT2D eigenvalue weighted by molar-refractivity contribution is -0.127. The van der Waals surface area contributed by atoms with E-state index >= 15 is 0 Å². The number of hydrogen-bond acceptors (Lipinski definition) is 6. The van der Waals surface area contributed by atoms with Crippen LogP contribution in [0.4, 0.5) is 10.5 Å². The summed E-state index contributed by atoms with van der Waals surface area (Å²) in [5.74, 6) is -1.42. The molecule has 3 amide bonds. The van der Waals surface area contributed by atoms with Gasteiger partial charge in [0.25, 0.3) is 11.1 Å². The molecule has 33 heavy (non-hydrogen) atoms. The van der Waals surface area contributed by atoms with E-state index in [0.717, 1.165) is 9.37 Å². The molecule has 10 heteroatoms. The van der Waals surface area contributed by atoms with E-state index < -0.39 is 29.6 Å². The zero-order valence-corrected chi connectivity index (χ0v) is 19.2. The van der Waals surface area contributed by atoms with Crippen LogP contribution in [-0.2, 0) is 9.59 Å². The first-order valence-corrected chi connectivity index (χ1v) is 11.2. The van der Waals surface area contributed by atoms with Crippen molar-refractivity contribution in [1.82, 2.24) is 4.90 Å². The van der Waals surface area contributed by atoms with Crippen molar-refractivity contribution in [1.29, 1.82) is 0 Å². The number of rotatable bonds is 6. The smallest absolute Gasteiger partial charge is 0.335 e. The Kier molecular flexibility index (Phi) is 6.47. The zero-order valence-electron chi connectivity index (χ0n) is 16.8. The minimum atomic E-state index is -1.05. The summed E-state index contributed by atoms with van der Waals surface area (Å²) in [4.78, 5) is 49.4. The Morgan fingerprint density at radius 2 is 1.85 bits per heavy atom. The predicted molar refractivity (Wildman–Crippen MR) is 127 cm³/mol. The second kappa shape index (κ2) is 9.47. The molecular formula is C23H15BrN2O6S. The van der Waals surface area contributed by atoms with Crippen LogP contribution in [0.1, 0.15) is 16.1 Å². The molecule has 3 aromatic rings. The molecule has 166 valence electrons. The van der Waals surface area contributed by atoms with Crippen LogP contribution in [0.3, 0.4) is 0 Å². The molecule has 0 radical (unpaired) electrons. The number of aromatic carboxylic acids is 1. The molecule has 0 atom stereocenters. The van der Waals surface area contributed by atoms with E-state index in [0.29, 0.717) is 34.5 Å². The van der Waals surface area contributed by atoms with E-state index in [-0.39, 0.29) is 10.5 Å². The summed E-state index contributed by atoms with van der Waals surface area (Å²) in [5.41, 5.74) is 1.22. The van der Waals surface area contributed by atoms with Gasteiger partial charge in [0.1, 0.15) is 18.1 Å². The summed E-state index contributed by atoms with van der Waals surface area (Å²) in [7, 11) is 0. The lowest BCUT2D eigenvalue weighted by Crippen LogP contribution is -2.36. The van der Waals surface area contributed by atoms with Crippen LogP contribution in [0, 0.1) is 0 Å². The minimum absolute atomic E-state index is 0.119. The summed E-state index contributed by atoms with van der Waals surface area (Å²) >= 11 is 4.02. The van der Waals surface area contributed by atoms with Gasteiger partial charge in [0.15, 0.2) is 0 Å². The second-order valence-corrected chi connectivity index (χ2v) is 8.82. The summed E-state index contributed by atoms with van der Waals surface area (Å²) in [6, 6.07) is 16.4. The average Bonchev–Trinajstić information content (AvgIpc) is 3.36. The fourth-order valence-electron chi connectivity index (χ4n) is 3.03. The summed E-state index contributed by atoms with van der Waals surface area (Å²) in [6.45, 7) is -0.413. The molecule has 1 saturated heterocycles. The third kappa shape index (κ3) is 5.24. The average molecular weight is 527 g/mol. The summed E-state index contributed by atoms with van der Waals surface area (Å²) in [6.07, 6.45) is 1.42. The number of carboxylic acid groups (broad SMARTS) is 1. The third-order valence-electron chi connectivity index (χ3n) is 4.60. The van der Waals surface area contributed by atoms with Crippen molar-refractivity contribution in [2.24, 2.45) is 0 Å². The first kappa shape index (κ1) is 22.6. The van der Waals surface area contributed by atoms with Gasteiger partial charge >= 0.3 is 5.97 Å². The molecule has 0 aliphatic carbocycles. The van der Waals surface area contributed by atoms with Gasteiger partial charge < -0.3 is 14.8 Å². The molecule has 1 aliphatic rings. The number of imide groups is 1. The number of carbonyl (C=O) groups is 4. The van der Waals surface area contributed by atoms with Gasteiger partial charge in [0.05, 0.1) is 10.5 Å². The number of carbonyl (C=O) groups excluding carboxylic acids is 3. The van der Waals surface area contributed by atoms with Crippen LogP contribution in [-0.4, -0.2) is 39.6 Å². The van der Waals surface area contributed by atoms with Crippen molar-refractivity contribution < 1.29 is 28.7 Å². The Morgan fingerprint density at radius 3 is 2.58 bits per heavy atom. The number of anilines is 1. The van der Waals surface area contributed by atoms with Crippen molar-refractivity contribution in [3.8, 4) is 11.3 Å². The monoisotopic (exact) mass is 526 g/mol. The Balaban J connectivity index is 1.45. The summed E-state index contributed by atoms with van der Waals surface area (Å²) in [5, 5.41) is 11.2. The maximum atomic E-state index is 12.7. The molecule has 2 heterocycles. The fourth-order valence-corrected chi connectivity index (χ4v) is 4.12. The molecule has 0 unspecified atom stereocenters. The standard InChI is InChI=1S/C23H15BrN2O6S/c24-15-4-6-16(7-5-15)25-20(27)12-26-21(28)19(33-23(26)31)11-17-8-9-18(32-17)13-2-1-3-14(10-13)22(29)30/h1-11H,12H2,(H,25,27)(H,29,30)/b19-11+. The first-order valence-electron chi connectivity index (χ1n) is 9.54. The molecule has 1 aliphatic heterocycles. The highest BCUT2D eigenvalue weighted by Gasteiger charge is 2.36. The van der Waals surface area contributed by atoms with E-state index in [1.165, 1.54) is 18.2 Å². The number of hydrogen-bond donors (Lipinski definition) is 2. The van der Waals surface area contributed by atoms with Crippen LogP contribution >= 0.6 is 27.7 Å². The van der Waals surface area contributed by atoms with Gasteiger partial charge in [-0.1, -0.05) is 28.1 Å². The van der Waals surface area contributed by atoms with Crippen LogP contribution in [0.5, 0.6) is 0 Å². The number of nitrogens with one attached hydrogen (secondary N) is 1. The number of thioether (sulfide) groups is 1. The number of carboxylic acids is 1. The van der Waals surface area contributed by atoms with E-state index in [9.17, 15) is 19.2 Å². The number of halogens is 1. The Hall–Kier alpha value is -3.63. The van der Waals surface area contributed by atoms with Crippen molar-refractivity contribution in [3.05, 3.63) is 81.4 Å². The maximum absolute atomic E-state index is 12.7. The Bertz CT molecular complexity index is 1300. The topological polar surface area (TPSA) is 117 Å². The molecule has 1 fully saturated rings. The normalized spacial score (nSPS) is 14.7. The van der Waals surface area contributed by atoms with E-state index in [4.69, 9.17) is 9.52 Å². The zero-order chi connectivity index (χ0) is 23.5. The van der Waals surface area contributed by atoms with E-state index in [1.807, 2.05) is 0 Å². The number of amides is 3. The van der Waals surface area contributed by atoms with Gasteiger partial charge in [-0.15, -0.1) is 0 Å². The molecule has 0 spiro atoms. The van der Waals surface area contributed by atoms with Crippen molar-refractivity contribution in [2.75, 3.05) is 11.9 Å². The molecule has 2 aromatic carbocycles. The van der Waals surface area contributed by atoms with Crippen molar-refractivity contribution >= 4 is 62.5 Å². The Morgan fingerprint density at radius 1 is 1.09 bits per heavy atom. The molecule has 1 aromatic heterocycles. The maximum Gasteiger partial charge on any atom is 0.335 e. The molecule has 2 N–H and O–H groups in total. The highest BCUT2D eigenvalue weighted by molar-refractivity contribution is 9.10. The number of benzene rings is 2. The van der Waals surface area contributed by atoms with Crippen LogP contribution in [0.15, 0.2) is 74.5 Å². The summed E-state index contributed by atoms with van der Waals surface area (Å²) < 4.78 is 6.56. The van der Waals surface area contributed by atoms with Gasteiger partial charge in [-0.25, -0.2) is 4.79 Å². The number of nitrogens with zero attached hydrogens (tertiary/aromatic N) is 1. The minimum Gasteiger partial charge on any atom is -0.478 e. The highest BCUT2D eigenvalue weighted by Crippen LogP contribution is 2.33. The lowest BCUT2D eigenvalue weighted by atomic mass is 10.1. The van der Waals surface area contributed by atoms with Crippen LogP contribution in [0.2, 0.25) is 0 Å². The van der Waals surface area contributed by atoms with Gasteiger partial charge in [-0.3, -0.25) is 19.3 Å². The molecule has 0 saturated carbocycles. The van der Waals surface area contributed by atoms with Crippen LogP contribution in [0.25, 0.3) is 17.4 Å². The highest BCUT2D eigenvalue weighted by atomic mass is 79.9. The van der Waals surface area contributed by atoms with Crippen LogP contribution < -0.4 is 5.32 Å². The lowest BCUT2D eigenvalue weighted by Gasteiger charge is -2.12. The van der Waals surface area contributed by atoms with Gasteiger partial charge in [-0.2, -0.15) is 0 Å². The van der Waals surface area contributed by atoms with E-state index in [1.54, 1.807) is 48.5 Å². The predicted octanol–water partition coefficient (Wildman–Crippen LogP) is 5.08. The third-order valence-corrected chi connectivity index (χ3v) is 6.03. The molecule has 0 bridgehead atoms. The van der Waals surface area contributed by atoms with Crippen molar-refractivity contribution in [3.63, 3.8) is 0 Å². The second-order valence-electron chi connectivity index (χ2n) is 6.91. The first-order chi connectivity index (χ1) is 15.8. The molecule has 8 nitrogen and oxygen atoms in total. The van der Waals surface area contributed by atoms with Gasteiger partial charge in [-0.05, 0) is 60.3 Å². The quantitative estimate of drug-likeness (QED) is 0.430. The largest absolute Gasteiger partial charge is 0.478 e. The van der Waals surface area contributed by atoms with E-state index in [2.05, 4.69) is 21.2 Å². The van der Waals surface area contributed by atoms with Gasteiger partial charge in [0.2, 0.25) is 5.91 Å². The number of furan rings is 1. The Labute approximate surface area is 200 Å².